The second kappa shape index (κ2) is 12.2. The number of hydrazine groups is 1. The topological polar surface area (TPSA) is 180 Å². The second-order valence-corrected chi connectivity index (χ2v) is 7.75. The van der Waals surface area contributed by atoms with Gasteiger partial charge in [0.05, 0.1) is 6.54 Å². The molecule has 1 aromatic carbocycles. The Morgan fingerprint density at radius 3 is 2.19 bits per heavy atom. The average molecular weight is 451 g/mol. The van der Waals surface area contributed by atoms with Crippen molar-refractivity contribution >= 4 is 29.8 Å². The van der Waals surface area contributed by atoms with Gasteiger partial charge in [0.25, 0.3) is 5.91 Å². The Hall–Kier alpha value is -3.67. The minimum Gasteiger partial charge on any atom is -0.480 e. The normalized spacial score (nSPS) is 11.6. The summed E-state index contributed by atoms with van der Waals surface area (Å²) in [4.78, 5) is 59.0. The van der Waals surface area contributed by atoms with Gasteiger partial charge < -0.3 is 25.8 Å². The summed E-state index contributed by atoms with van der Waals surface area (Å²) in [6, 6.07) is 7.49. The van der Waals surface area contributed by atoms with Crippen molar-refractivity contribution in [2.24, 2.45) is 5.84 Å². The van der Waals surface area contributed by atoms with Gasteiger partial charge >= 0.3 is 12.1 Å². The van der Waals surface area contributed by atoms with Gasteiger partial charge in [-0.2, -0.15) is 0 Å². The molecular formula is C20H29N5O7. The highest BCUT2D eigenvalue weighted by molar-refractivity contribution is 5.91. The number of hydrogen-bond donors (Lipinski definition) is 5. The summed E-state index contributed by atoms with van der Waals surface area (Å²) in [6.45, 7) is 3.39. The van der Waals surface area contributed by atoms with Crippen molar-refractivity contribution in [2.75, 3.05) is 19.6 Å². The van der Waals surface area contributed by atoms with Crippen molar-refractivity contribution < 1.29 is 33.8 Å². The van der Waals surface area contributed by atoms with Crippen LogP contribution in [-0.4, -0.2) is 71.2 Å². The predicted molar refractivity (Wildman–Crippen MR) is 113 cm³/mol. The third-order valence-electron chi connectivity index (χ3n) is 3.84. The summed E-state index contributed by atoms with van der Waals surface area (Å²) in [6.07, 6.45) is -0.764. The van der Waals surface area contributed by atoms with E-state index in [1.165, 1.54) is 0 Å². The van der Waals surface area contributed by atoms with Crippen LogP contribution < -0.4 is 21.8 Å². The predicted octanol–water partition coefficient (Wildman–Crippen LogP) is -0.858. The van der Waals surface area contributed by atoms with E-state index >= 15 is 0 Å². The van der Waals surface area contributed by atoms with Crippen LogP contribution in [0.2, 0.25) is 0 Å². The summed E-state index contributed by atoms with van der Waals surface area (Å²) in [5, 5.41) is 16.1. The van der Waals surface area contributed by atoms with Crippen LogP contribution in [0.5, 0.6) is 0 Å². The quantitative estimate of drug-likeness (QED) is 0.173. The summed E-state index contributed by atoms with van der Waals surface area (Å²) in [5.41, 5.74) is -0.0391. The molecule has 0 aliphatic rings. The lowest BCUT2D eigenvalue weighted by molar-refractivity contribution is -0.142. The van der Waals surface area contributed by atoms with E-state index in [1.807, 2.05) is 0 Å². The number of rotatable bonds is 10. The monoisotopic (exact) mass is 451 g/mol. The molecule has 0 heterocycles. The fourth-order valence-corrected chi connectivity index (χ4v) is 2.40. The number of alkyl carbamates (subject to hydrolysis) is 1. The van der Waals surface area contributed by atoms with E-state index in [0.717, 1.165) is 0 Å². The van der Waals surface area contributed by atoms with E-state index in [2.05, 4.69) is 16.0 Å². The molecule has 0 radical (unpaired) electrons. The van der Waals surface area contributed by atoms with Gasteiger partial charge in [-0.25, -0.2) is 10.6 Å². The van der Waals surface area contributed by atoms with Crippen LogP contribution in [-0.2, 0) is 30.3 Å². The SMILES string of the molecule is CC(C)(C)OC(=O)NCC(=O)NCC(=O)N(N)[C@@H](Cc1ccccc1)C(=O)NCC(=O)O. The van der Waals surface area contributed by atoms with Crippen LogP contribution >= 0.6 is 0 Å². The number of nitrogens with zero attached hydrogens (tertiary/aromatic N) is 1. The Labute approximate surface area is 185 Å². The molecule has 0 saturated heterocycles. The van der Waals surface area contributed by atoms with E-state index in [1.54, 1.807) is 51.1 Å². The molecule has 0 saturated carbocycles. The molecule has 32 heavy (non-hydrogen) atoms. The van der Waals surface area contributed by atoms with E-state index in [9.17, 15) is 24.0 Å². The van der Waals surface area contributed by atoms with Gasteiger partial charge in [-0.1, -0.05) is 30.3 Å². The molecule has 1 aromatic rings. The highest BCUT2D eigenvalue weighted by Crippen LogP contribution is 2.08. The average Bonchev–Trinajstić information content (AvgIpc) is 2.71. The number of carboxylic acids is 1. The third-order valence-corrected chi connectivity index (χ3v) is 3.84. The summed E-state index contributed by atoms with van der Waals surface area (Å²) >= 11 is 0. The maximum atomic E-state index is 12.4. The third kappa shape index (κ3) is 10.4. The lowest BCUT2D eigenvalue weighted by Gasteiger charge is -2.26. The smallest absolute Gasteiger partial charge is 0.408 e. The lowest BCUT2D eigenvalue weighted by Crippen LogP contribution is -2.57. The first-order chi connectivity index (χ1) is 14.9. The Bertz CT molecular complexity index is 823. The molecule has 0 spiro atoms. The minimum absolute atomic E-state index is 0.0304. The van der Waals surface area contributed by atoms with Crippen LogP contribution in [0.25, 0.3) is 0 Å². The number of ether oxygens (including phenoxy) is 1. The molecule has 4 amide bonds. The van der Waals surface area contributed by atoms with Gasteiger partial charge in [0, 0.05) is 6.42 Å². The maximum Gasteiger partial charge on any atom is 0.408 e. The van der Waals surface area contributed by atoms with Crippen molar-refractivity contribution in [3.05, 3.63) is 35.9 Å². The molecule has 0 fully saturated rings. The number of carbonyl (C=O) groups is 5. The van der Waals surface area contributed by atoms with Crippen molar-refractivity contribution in [3.8, 4) is 0 Å². The van der Waals surface area contributed by atoms with Crippen molar-refractivity contribution in [1.29, 1.82) is 0 Å². The Kier molecular flexibility index (Phi) is 10.1. The zero-order valence-corrected chi connectivity index (χ0v) is 18.2. The highest BCUT2D eigenvalue weighted by atomic mass is 16.6. The summed E-state index contributed by atoms with van der Waals surface area (Å²) in [5.74, 6) is 2.35. The zero-order chi connectivity index (χ0) is 24.3. The van der Waals surface area contributed by atoms with E-state index in [-0.39, 0.29) is 6.42 Å². The molecule has 12 heteroatoms. The van der Waals surface area contributed by atoms with Crippen molar-refractivity contribution in [3.63, 3.8) is 0 Å². The van der Waals surface area contributed by atoms with Gasteiger partial charge in [-0.15, -0.1) is 0 Å². The van der Waals surface area contributed by atoms with Crippen molar-refractivity contribution in [2.45, 2.75) is 38.8 Å². The maximum absolute atomic E-state index is 12.4. The summed E-state index contributed by atoms with van der Waals surface area (Å²) in [7, 11) is 0. The van der Waals surface area contributed by atoms with Crippen LogP contribution in [0.3, 0.4) is 0 Å². The standard InChI is InChI=1S/C20H29N5O7/c1-20(2,3)32-19(31)24-10-15(26)22-11-16(27)25(21)14(18(30)23-12-17(28)29)9-13-7-5-4-6-8-13/h4-8,14H,9-12,21H2,1-3H3,(H,22,26)(H,23,30)(H,24,31)(H,28,29)/t14-/m0/s1. The first-order valence-electron chi connectivity index (χ1n) is 9.72. The molecule has 0 unspecified atom stereocenters. The minimum atomic E-state index is -1.25. The van der Waals surface area contributed by atoms with E-state index in [0.29, 0.717) is 10.6 Å². The van der Waals surface area contributed by atoms with Gasteiger partial charge in [0.2, 0.25) is 11.8 Å². The molecule has 0 aliphatic heterocycles. The number of nitrogens with two attached hydrogens (primary N) is 1. The fourth-order valence-electron chi connectivity index (χ4n) is 2.40. The summed E-state index contributed by atoms with van der Waals surface area (Å²) < 4.78 is 4.99. The van der Waals surface area contributed by atoms with Crippen LogP contribution in [0, 0.1) is 0 Å². The van der Waals surface area contributed by atoms with Crippen LogP contribution in [0.15, 0.2) is 30.3 Å². The molecule has 176 valence electrons. The van der Waals surface area contributed by atoms with Crippen LogP contribution in [0.1, 0.15) is 26.3 Å². The molecule has 6 N–H and O–H groups in total. The molecule has 1 rings (SSSR count). The van der Waals surface area contributed by atoms with Crippen LogP contribution in [0.4, 0.5) is 4.79 Å². The molecule has 0 bridgehead atoms. The van der Waals surface area contributed by atoms with Gasteiger partial charge in [0.15, 0.2) is 0 Å². The first-order valence-corrected chi connectivity index (χ1v) is 9.72. The number of hydrogen-bond acceptors (Lipinski definition) is 7. The first kappa shape index (κ1) is 26.4. The second-order valence-electron chi connectivity index (χ2n) is 7.75. The number of carbonyl (C=O) groups excluding carboxylic acids is 4. The molecule has 12 nitrogen and oxygen atoms in total. The van der Waals surface area contributed by atoms with E-state index in [4.69, 9.17) is 15.7 Å². The number of carboxylic acid groups (broad SMARTS) is 1. The van der Waals surface area contributed by atoms with E-state index < -0.39 is 61.1 Å². The Morgan fingerprint density at radius 2 is 1.62 bits per heavy atom. The number of nitrogens with one attached hydrogen (secondary N) is 3. The van der Waals surface area contributed by atoms with Gasteiger partial charge in [0.1, 0.15) is 24.7 Å². The largest absolute Gasteiger partial charge is 0.480 e. The van der Waals surface area contributed by atoms with Gasteiger partial charge in [-0.05, 0) is 26.3 Å². The highest BCUT2D eigenvalue weighted by Gasteiger charge is 2.28. The number of amides is 4. The fraction of sp³-hybridized carbons (Fsp3) is 0.450. The van der Waals surface area contributed by atoms with Crippen molar-refractivity contribution in [1.82, 2.24) is 21.0 Å². The zero-order valence-electron chi connectivity index (χ0n) is 18.2. The van der Waals surface area contributed by atoms with Gasteiger partial charge in [-0.3, -0.25) is 24.2 Å². The Balaban J connectivity index is 2.67. The number of aliphatic carboxylic acids is 1. The molecule has 0 aromatic heterocycles. The lowest BCUT2D eigenvalue weighted by atomic mass is 10.0. The Morgan fingerprint density at radius 1 is 1.00 bits per heavy atom. The number of benzene rings is 1. The molecule has 0 aliphatic carbocycles. The molecular weight excluding hydrogens is 422 g/mol. The molecule has 1 atom stereocenters.